The average Bonchev–Trinajstić information content (AvgIpc) is 3.17. The zero-order chi connectivity index (χ0) is 29.7. The van der Waals surface area contributed by atoms with Crippen molar-refractivity contribution in [3.63, 3.8) is 0 Å². The van der Waals surface area contributed by atoms with Gasteiger partial charge in [0.15, 0.2) is 35.0 Å². The predicted molar refractivity (Wildman–Crippen MR) is 153 cm³/mol. The number of benzene rings is 1. The number of esters is 1. The fourth-order valence-electron chi connectivity index (χ4n) is 4.89. The Kier molecular flexibility index (Phi) is 7.92. The molecule has 0 unspecified atom stereocenters. The van der Waals surface area contributed by atoms with Gasteiger partial charge in [0.2, 0.25) is 5.95 Å². The molecule has 2 fully saturated rings. The lowest BCUT2D eigenvalue weighted by Crippen LogP contribution is -2.38. The van der Waals surface area contributed by atoms with E-state index in [9.17, 15) is 9.90 Å². The first-order chi connectivity index (χ1) is 19.4. The average molecular weight is 630 g/mol. The molecule has 0 spiro atoms. The van der Waals surface area contributed by atoms with E-state index in [1.807, 2.05) is 0 Å². The molecule has 0 radical (unpaired) electrons. The van der Waals surface area contributed by atoms with Gasteiger partial charge in [-0.2, -0.15) is 9.97 Å². The molecule has 17 heteroatoms. The number of hydrogen-bond donors (Lipinski definition) is 3. The van der Waals surface area contributed by atoms with Gasteiger partial charge in [-0.15, -0.1) is 11.6 Å². The Balaban J connectivity index is 1.45. The molecule has 0 bridgehead atoms. The molecule has 1 aliphatic heterocycles. The largest absolute Gasteiger partial charge is 0.465 e. The van der Waals surface area contributed by atoms with Gasteiger partial charge >= 0.3 is 12.6 Å². The number of aromatic nitrogens is 4. The number of halogens is 2. The first-order valence-electron chi connectivity index (χ1n) is 12.7. The molecule has 1 aliphatic carbocycles. The van der Waals surface area contributed by atoms with Crippen molar-refractivity contribution in [2.75, 3.05) is 37.2 Å². The van der Waals surface area contributed by atoms with Crippen molar-refractivity contribution in [3.05, 3.63) is 36.7 Å². The van der Waals surface area contributed by atoms with Crippen LogP contribution in [0.5, 0.6) is 5.75 Å². The summed E-state index contributed by atoms with van der Waals surface area (Å²) < 4.78 is 40.8. The maximum atomic E-state index is 16.2. The Morgan fingerprint density at radius 3 is 2.71 bits per heavy atom. The normalized spacial score (nSPS) is 29.0. The van der Waals surface area contributed by atoms with Gasteiger partial charge in [-0.25, -0.2) is 14.5 Å². The van der Waals surface area contributed by atoms with Crippen molar-refractivity contribution < 1.29 is 32.8 Å². The Hall–Kier alpha value is -2.65. The van der Waals surface area contributed by atoms with Gasteiger partial charge in [-0.1, -0.05) is 18.2 Å². The van der Waals surface area contributed by atoms with Gasteiger partial charge in [0, 0.05) is 14.1 Å². The van der Waals surface area contributed by atoms with E-state index in [0.717, 1.165) is 0 Å². The number of ether oxygens (including phenoxy) is 2. The third-order valence-corrected chi connectivity index (χ3v) is 9.78. The van der Waals surface area contributed by atoms with Crippen molar-refractivity contribution in [2.45, 2.75) is 49.6 Å². The Morgan fingerprint density at radius 2 is 2.10 bits per heavy atom. The lowest BCUT2D eigenvalue weighted by molar-refractivity contribution is -0.144. The van der Waals surface area contributed by atoms with Crippen molar-refractivity contribution in [1.82, 2.24) is 24.6 Å². The van der Waals surface area contributed by atoms with Crippen LogP contribution < -0.4 is 20.2 Å². The number of alkyl halides is 2. The van der Waals surface area contributed by atoms with E-state index in [-0.39, 0.29) is 24.1 Å². The highest BCUT2D eigenvalue weighted by Crippen LogP contribution is 2.69. The number of carbonyl (C=O) groups excluding carboxylic acids is 1. The van der Waals surface area contributed by atoms with E-state index >= 15 is 4.39 Å². The summed E-state index contributed by atoms with van der Waals surface area (Å²) in [5.74, 6) is -0.210. The molecule has 2 aliphatic rings. The van der Waals surface area contributed by atoms with Crippen LogP contribution in [0, 0.1) is 0 Å². The van der Waals surface area contributed by atoms with Crippen LogP contribution in [0.25, 0.3) is 11.2 Å². The third-order valence-electron chi connectivity index (χ3n) is 6.94. The molecule has 13 nitrogen and oxygen atoms in total. The molecule has 7 atom stereocenters. The quantitative estimate of drug-likeness (QED) is 0.161. The highest BCUT2D eigenvalue weighted by Gasteiger charge is 2.89. The third kappa shape index (κ3) is 4.92. The molecular weight excluding hydrogens is 600 g/mol. The number of anilines is 2. The van der Waals surface area contributed by atoms with E-state index in [1.54, 1.807) is 56.3 Å². The van der Waals surface area contributed by atoms with Crippen LogP contribution in [0.4, 0.5) is 16.2 Å². The zero-order valence-electron chi connectivity index (χ0n) is 22.6. The SMILES string of the molecule is CCOC(=O)[C@@H](C)N[P@@](=S)(Oc1ccccc1)O[C@H]1[C@]2(O)[C@H](F)[C@H](n3cnc4c(N(C)C)nc(N)nc43)O[C@]12CCl. The molecule has 2 aromatic heterocycles. The molecule has 1 saturated heterocycles. The number of nitrogens with zero attached hydrogens (tertiary/aromatic N) is 5. The zero-order valence-corrected chi connectivity index (χ0v) is 25.1. The second-order valence-corrected chi connectivity index (χ2v) is 13.2. The van der Waals surface area contributed by atoms with E-state index in [2.05, 4.69) is 20.0 Å². The highest BCUT2D eigenvalue weighted by molar-refractivity contribution is 8.09. The minimum atomic E-state index is -3.64. The second kappa shape index (κ2) is 10.9. The molecule has 41 heavy (non-hydrogen) atoms. The Morgan fingerprint density at radius 1 is 1.39 bits per heavy atom. The number of nitrogen functional groups attached to an aromatic ring is 1. The summed E-state index contributed by atoms with van der Waals surface area (Å²) in [6.45, 7) is -0.284. The minimum Gasteiger partial charge on any atom is -0.465 e. The van der Waals surface area contributed by atoms with Gasteiger partial charge in [-0.3, -0.25) is 13.9 Å². The molecule has 3 heterocycles. The number of nitrogens with two attached hydrogens (primary N) is 1. The van der Waals surface area contributed by atoms with Crippen molar-refractivity contribution in [1.29, 1.82) is 0 Å². The number of rotatable bonds is 11. The summed E-state index contributed by atoms with van der Waals surface area (Å²) in [6.07, 6.45) is -3.42. The lowest BCUT2D eigenvalue weighted by atomic mass is 10.1. The fourth-order valence-corrected chi connectivity index (χ4v) is 8.04. The van der Waals surface area contributed by atoms with Crippen LogP contribution in [-0.2, 0) is 30.6 Å². The number of carbonyl (C=O) groups is 1. The van der Waals surface area contributed by atoms with E-state index in [1.165, 1.54) is 17.8 Å². The summed E-state index contributed by atoms with van der Waals surface area (Å²) >= 11 is 12.0. The second-order valence-electron chi connectivity index (χ2n) is 9.87. The number of para-hydroxylation sites is 1. The Bertz CT molecular complexity index is 1500. The standard InChI is InChI=1S/C24H30ClFN7O6PS/c1-5-36-20(34)13(2)31-40(41,38-14-9-7-6-8-10-14)39-21-23(11-25)24(21,35)16(26)19(37-23)33-12-28-15-17(32(3)4)29-22(27)30-18(15)33/h6-10,12-13,16,19,21,35H,5,11H2,1-4H3,(H,31,41)(H2,27,29,30)/t13-,16-,19-,21-,23-,24-,40-/m1/s1. The maximum absolute atomic E-state index is 16.2. The van der Waals surface area contributed by atoms with Crippen molar-refractivity contribution >= 4 is 58.9 Å². The fraction of sp³-hybridized carbons (Fsp3) is 0.500. The molecule has 222 valence electrons. The molecule has 4 N–H and O–H groups in total. The number of hydrogen-bond acceptors (Lipinski definition) is 12. The van der Waals surface area contributed by atoms with E-state index in [0.29, 0.717) is 17.1 Å². The summed E-state index contributed by atoms with van der Waals surface area (Å²) in [7, 11) is 3.51. The summed E-state index contributed by atoms with van der Waals surface area (Å²) in [5.41, 5.74) is 2.56. The first-order valence-corrected chi connectivity index (χ1v) is 15.8. The molecule has 5 rings (SSSR count). The molecule has 0 amide bonds. The van der Waals surface area contributed by atoms with Crippen LogP contribution in [0.1, 0.15) is 20.1 Å². The van der Waals surface area contributed by atoms with Gasteiger partial charge in [-0.05, 0) is 37.8 Å². The van der Waals surface area contributed by atoms with Crippen LogP contribution in [0.15, 0.2) is 36.7 Å². The van der Waals surface area contributed by atoms with Gasteiger partial charge < -0.3 is 29.7 Å². The van der Waals surface area contributed by atoms with Crippen molar-refractivity contribution in [3.8, 4) is 5.75 Å². The number of aliphatic hydroxyl groups is 1. The highest BCUT2D eigenvalue weighted by atomic mass is 35.5. The summed E-state index contributed by atoms with van der Waals surface area (Å²) in [4.78, 5) is 26.8. The van der Waals surface area contributed by atoms with Crippen LogP contribution in [0.2, 0.25) is 0 Å². The van der Waals surface area contributed by atoms with Gasteiger partial charge in [0.1, 0.15) is 23.5 Å². The minimum absolute atomic E-state index is 0.0472. The van der Waals surface area contributed by atoms with E-state index in [4.69, 9.17) is 47.7 Å². The first kappa shape index (κ1) is 29.8. The molecular formula is C24H30ClFN7O6PS. The molecule has 1 aromatic carbocycles. The van der Waals surface area contributed by atoms with Crippen LogP contribution in [0.3, 0.4) is 0 Å². The van der Waals surface area contributed by atoms with Gasteiger partial charge in [0.05, 0.1) is 18.8 Å². The maximum Gasteiger partial charge on any atom is 0.323 e. The number of imidazole rings is 1. The van der Waals surface area contributed by atoms with Crippen molar-refractivity contribution in [2.24, 2.45) is 0 Å². The topological polar surface area (TPSA) is 159 Å². The predicted octanol–water partition coefficient (Wildman–Crippen LogP) is 2.29. The smallest absolute Gasteiger partial charge is 0.323 e. The van der Waals surface area contributed by atoms with E-state index < -0.39 is 48.4 Å². The molecule has 3 aromatic rings. The Labute approximate surface area is 245 Å². The van der Waals surface area contributed by atoms with Gasteiger partial charge in [0.25, 0.3) is 0 Å². The monoisotopic (exact) mass is 629 g/mol. The summed E-state index contributed by atoms with van der Waals surface area (Å²) in [5, 5.41) is 14.5. The van der Waals surface area contributed by atoms with Crippen LogP contribution in [-0.4, -0.2) is 86.7 Å². The lowest BCUT2D eigenvalue weighted by Gasteiger charge is -2.29. The molecule has 1 saturated carbocycles. The number of nitrogens with one attached hydrogen (secondary N) is 1. The van der Waals surface area contributed by atoms with Crippen LogP contribution >= 0.6 is 18.2 Å². The number of fused-ring (bicyclic) bond motifs is 2. The summed E-state index contributed by atoms with van der Waals surface area (Å²) in [6, 6.07) is 7.58.